The summed E-state index contributed by atoms with van der Waals surface area (Å²) in [5.74, 6) is 1.26. The van der Waals surface area contributed by atoms with E-state index in [9.17, 15) is 8.78 Å². The van der Waals surface area contributed by atoms with E-state index >= 15 is 0 Å². The lowest BCUT2D eigenvalue weighted by atomic mass is 9.99. The van der Waals surface area contributed by atoms with Crippen molar-refractivity contribution in [1.82, 2.24) is 4.90 Å². The minimum atomic E-state index is -1.02. The molecule has 2 aliphatic heterocycles. The van der Waals surface area contributed by atoms with E-state index in [0.29, 0.717) is 0 Å². The van der Waals surface area contributed by atoms with Crippen LogP contribution in [0.2, 0.25) is 0 Å². The maximum absolute atomic E-state index is 13.5. The molecular formula is C31H35F2NO2. The molecule has 5 heteroatoms. The highest BCUT2D eigenvalue weighted by molar-refractivity contribution is 5.36. The highest BCUT2D eigenvalue weighted by atomic mass is 19.1. The van der Waals surface area contributed by atoms with Crippen molar-refractivity contribution in [1.29, 1.82) is 0 Å². The van der Waals surface area contributed by atoms with Crippen LogP contribution in [0.15, 0.2) is 96.9 Å². The lowest BCUT2D eigenvalue weighted by molar-refractivity contribution is 0.0856. The van der Waals surface area contributed by atoms with Gasteiger partial charge in [-0.3, -0.25) is 0 Å². The van der Waals surface area contributed by atoms with E-state index in [1.54, 1.807) is 24.3 Å². The maximum atomic E-state index is 13.5. The Hall–Kier alpha value is -3.34. The summed E-state index contributed by atoms with van der Waals surface area (Å²) in [6.45, 7) is 6.97. The standard InChI is InChI=1S/C31H35F2NO2/c1-3-25-10-13-28(35-30(25)15-9-23(2)32)17-19-34(22-24-7-5-4-6-8-24)20-18-29-14-11-26-21-27(33)12-16-31(26)36-29/h3-9,12,15-16,18,20-21,23,28-29H,1,10-11,13-14,17,19,22H2,2H3/b15-9-,20-18+. The van der Waals surface area contributed by atoms with Crippen LogP contribution in [0.5, 0.6) is 5.75 Å². The van der Waals surface area contributed by atoms with Crippen LogP contribution in [-0.2, 0) is 17.7 Å². The van der Waals surface area contributed by atoms with E-state index in [1.165, 1.54) is 24.6 Å². The number of hydrogen-bond acceptors (Lipinski definition) is 3. The Kier molecular flexibility index (Phi) is 8.99. The first-order chi connectivity index (χ1) is 17.5. The van der Waals surface area contributed by atoms with Gasteiger partial charge in [0.2, 0.25) is 0 Å². The second-order valence-corrected chi connectivity index (χ2v) is 9.44. The molecule has 2 aliphatic rings. The SMILES string of the molecule is C=CC1=C(/C=C\C(C)F)OC(CCN(/C=C/C2CCc3cc(F)ccc3O2)Cc2ccccc2)CC1. The molecule has 0 aliphatic carbocycles. The molecule has 3 nitrogen and oxygen atoms in total. The summed E-state index contributed by atoms with van der Waals surface area (Å²) < 4.78 is 39.2. The number of aryl methyl sites for hydroxylation is 1. The Morgan fingerprint density at radius 2 is 1.94 bits per heavy atom. The van der Waals surface area contributed by atoms with Gasteiger partial charge >= 0.3 is 0 Å². The Morgan fingerprint density at radius 1 is 1.11 bits per heavy atom. The number of rotatable bonds is 10. The summed E-state index contributed by atoms with van der Waals surface area (Å²) in [5, 5.41) is 0. The molecule has 3 atom stereocenters. The van der Waals surface area contributed by atoms with Crippen LogP contribution in [0.4, 0.5) is 8.78 Å². The van der Waals surface area contributed by atoms with Crippen LogP contribution in [0.3, 0.4) is 0 Å². The normalized spacial score (nSPS) is 20.6. The molecule has 0 aromatic heterocycles. The van der Waals surface area contributed by atoms with E-state index in [4.69, 9.17) is 9.47 Å². The van der Waals surface area contributed by atoms with Gasteiger partial charge in [0.1, 0.15) is 35.7 Å². The average molecular weight is 492 g/mol. The quantitative estimate of drug-likeness (QED) is 0.344. The van der Waals surface area contributed by atoms with Gasteiger partial charge in [-0.1, -0.05) is 43.0 Å². The Bertz CT molecular complexity index is 1110. The Morgan fingerprint density at radius 3 is 2.72 bits per heavy atom. The van der Waals surface area contributed by atoms with Crippen molar-refractivity contribution in [2.45, 2.75) is 64.0 Å². The van der Waals surface area contributed by atoms with E-state index < -0.39 is 6.17 Å². The summed E-state index contributed by atoms with van der Waals surface area (Å²) in [6, 6.07) is 15.1. The van der Waals surface area contributed by atoms with Crippen molar-refractivity contribution in [3.05, 3.63) is 114 Å². The largest absolute Gasteiger partial charge is 0.490 e. The third kappa shape index (κ3) is 7.33. The lowest BCUT2D eigenvalue weighted by Crippen LogP contribution is -2.27. The third-order valence-electron chi connectivity index (χ3n) is 6.58. The minimum absolute atomic E-state index is 0.0512. The van der Waals surface area contributed by atoms with E-state index in [0.717, 1.165) is 67.8 Å². The van der Waals surface area contributed by atoms with Crippen LogP contribution in [-0.4, -0.2) is 29.8 Å². The molecule has 4 rings (SSSR count). The van der Waals surface area contributed by atoms with Gasteiger partial charge in [0.05, 0.1) is 0 Å². The molecular weight excluding hydrogens is 456 g/mol. The second-order valence-electron chi connectivity index (χ2n) is 9.44. The topological polar surface area (TPSA) is 21.7 Å². The van der Waals surface area contributed by atoms with Crippen molar-refractivity contribution in [2.75, 3.05) is 6.54 Å². The predicted octanol–water partition coefficient (Wildman–Crippen LogP) is 7.46. The van der Waals surface area contributed by atoms with E-state index in [1.807, 2.05) is 18.2 Å². The lowest BCUT2D eigenvalue weighted by Gasteiger charge is -2.29. The van der Waals surface area contributed by atoms with Gasteiger partial charge in [0, 0.05) is 19.5 Å². The van der Waals surface area contributed by atoms with Gasteiger partial charge in [0.15, 0.2) is 0 Å². The molecule has 0 saturated carbocycles. The molecule has 2 aromatic rings. The third-order valence-corrected chi connectivity index (χ3v) is 6.58. The number of allylic oxidation sites excluding steroid dienone is 4. The molecule has 2 heterocycles. The van der Waals surface area contributed by atoms with Gasteiger partial charge < -0.3 is 14.4 Å². The number of fused-ring (bicyclic) bond motifs is 1. The number of alkyl halides is 1. The molecule has 36 heavy (non-hydrogen) atoms. The summed E-state index contributed by atoms with van der Waals surface area (Å²) in [6.07, 6.45) is 12.5. The van der Waals surface area contributed by atoms with Crippen molar-refractivity contribution < 1.29 is 18.3 Å². The van der Waals surface area contributed by atoms with Gasteiger partial charge in [0.25, 0.3) is 0 Å². The fourth-order valence-electron chi connectivity index (χ4n) is 4.59. The summed E-state index contributed by atoms with van der Waals surface area (Å²) >= 11 is 0. The second kappa shape index (κ2) is 12.6. The first kappa shape index (κ1) is 25.7. The van der Waals surface area contributed by atoms with Gasteiger partial charge in [-0.2, -0.15) is 0 Å². The number of hydrogen-bond donors (Lipinski definition) is 0. The molecule has 0 bridgehead atoms. The van der Waals surface area contributed by atoms with E-state index in [-0.39, 0.29) is 18.0 Å². The van der Waals surface area contributed by atoms with E-state index in [2.05, 4.69) is 35.9 Å². The molecule has 0 fully saturated rings. The Labute approximate surface area is 213 Å². The zero-order valence-corrected chi connectivity index (χ0v) is 20.9. The number of nitrogens with zero attached hydrogens (tertiary/aromatic N) is 1. The molecule has 0 N–H and O–H groups in total. The van der Waals surface area contributed by atoms with Crippen LogP contribution in [0, 0.1) is 5.82 Å². The molecule has 3 unspecified atom stereocenters. The average Bonchev–Trinajstić information content (AvgIpc) is 2.89. The van der Waals surface area contributed by atoms with Gasteiger partial charge in [-0.15, -0.1) is 0 Å². The molecule has 0 saturated heterocycles. The van der Waals surface area contributed by atoms with Crippen LogP contribution in [0.1, 0.15) is 43.7 Å². The monoisotopic (exact) mass is 491 g/mol. The Balaban J connectivity index is 1.41. The van der Waals surface area contributed by atoms with Crippen LogP contribution in [0.25, 0.3) is 0 Å². The van der Waals surface area contributed by atoms with Crippen molar-refractivity contribution in [2.24, 2.45) is 0 Å². The minimum Gasteiger partial charge on any atom is -0.490 e. The highest BCUT2D eigenvalue weighted by Gasteiger charge is 2.21. The molecule has 0 spiro atoms. The fourth-order valence-corrected chi connectivity index (χ4v) is 4.59. The zero-order chi connectivity index (χ0) is 25.3. The van der Waals surface area contributed by atoms with Crippen LogP contribution < -0.4 is 4.74 Å². The smallest absolute Gasteiger partial charge is 0.123 e. The fraction of sp³-hybridized carbons (Fsp3) is 0.355. The molecule has 0 amide bonds. The maximum Gasteiger partial charge on any atom is 0.123 e. The number of ether oxygens (including phenoxy) is 2. The van der Waals surface area contributed by atoms with Gasteiger partial charge in [-0.05, 0) is 91.9 Å². The highest BCUT2D eigenvalue weighted by Crippen LogP contribution is 2.29. The van der Waals surface area contributed by atoms with Crippen molar-refractivity contribution in [3.8, 4) is 5.75 Å². The first-order valence-electron chi connectivity index (χ1n) is 12.8. The predicted molar refractivity (Wildman–Crippen MR) is 141 cm³/mol. The first-order valence-corrected chi connectivity index (χ1v) is 12.8. The molecule has 2 aromatic carbocycles. The van der Waals surface area contributed by atoms with Gasteiger partial charge in [-0.25, -0.2) is 8.78 Å². The number of benzene rings is 2. The van der Waals surface area contributed by atoms with Crippen molar-refractivity contribution in [3.63, 3.8) is 0 Å². The summed E-state index contributed by atoms with van der Waals surface area (Å²) in [4.78, 5) is 2.29. The number of halogens is 2. The summed E-state index contributed by atoms with van der Waals surface area (Å²) in [7, 11) is 0. The molecule has 190 valence electrons. The zero-order valence-electron chi connectivity index (χ0n) is 20.9. The van der Waals surface area contributed by atoms with Crippen LogP contribution >= 0.6 is 0 Å². The van der Waals surface area contributed by atoms with Crippen molar-refractivity contribution >= 4 is 0 Å². The molecule has 0 radical (unpaired) electrons. The summed E-state index contributed by atoms with van der Waals surface area (Å²) in [5.41, 5.74) is 3.18.